The van der Waals surface area contributed by atoms with Crippen molar-refractivity contribution in [3.05, 3.63) is 77.9 Å². The Hall–Kier alpha value is -2.92. The normalized spacial score (nSPS) is 11.6. The summed E-state index contributed by atoms with van der Waals surface area (Å²) in [5, 5.41) is 0. The molecule has 5 heteroatoms. The fourth-order valence-corrected chi connectivity index (χ4v) is 1.84. The van der Waals surface area contributed by atoms with Crippen molar-refractivity contribution in [3.63, 3.8) is 0 Å². The molecule has 2 unspecified atom stereocenters. The van der Waals surface area contributed by atoms with Crippen molar-refractivity contribution >= 4 is 18.0 Å². The van der Waals surface area contributed by atoms with E-state index in [0.717, 1.165) is 5.56 Å². The number of carbonyl (C=O) groups excluding carboxylic acids is 2. The highest BCUT2D eigenvalue weighted by atomic mass is 16.5. The molecule has 2 aromatic carbocycles. The minimum atomic E-state index is -1.17. The Morgan fingerprint density at radius 1 is 0.829 bits per heavy atom. The highest BCUT2D eigenvalue weighted by Gasteiger charge is 2.01. The first-order chi connectivity index (χ1) is 17.7. The summed E-state index contributed by atoms with van der Waals surface area (Å²) in [6.45, 7) is 12.6. The fraction of sp³-hybridized carbons (Fsp3) is 0.467. The summed E-state index contributed by atoms with van der Waals surface area (Å²) in [5.74, 6) is -0.937. The second-order valence-electron chi connectivity index (χ2n) is 6.41. The highest BCUT2D eigenvalue weighted by molar-refractivity contribution is 5.86. The molecule has 0 radical (unpaired) electrons. The topological polar surface area (TPSA) is 84.1 Å². The Labute approximate surface area is 221 Å². The van der Waals surface area contributed by atoms with E-state index in [1.807, 2.05) is 36.4 Å². The van der Waals surface area contributed by atoms with E-state index in [9.17, 15) is 9.59 Å². The lowest BCUT2D eigenvalue weighted by atomic mass is 10.1. The highest BCUT2D eigenvalue weighted by Crippen LogP contribution is 2.03. The Morgan fingerprint density at radius 3 is 1.69 bits per heavy atom. The van der Waals surface area contributed by atoms with Gasteiger partial charge in [0, 0.05) is 15.2 Å². The van der Waals surface area contributed by atoms with Gasteiger partial charge in [-0.2, -0.15) is 0 Å². The van der Waals surface area contributed by atoms with Crippen LogP contribution < -0.4 is 0 Å². The van der Waals surface area contributed by atoms with Crippen LogP contribution in [0.1, 0.15) is 89.5 Å². The van der Waals surface area contributed by atoms with Gasteiger partial charge in [-0.1, -0.05) is 116 Å². The summed E-state index contributed by atoms with van der Waals surface area (Å²) in [6.07, 6.45) is 3.61. The third-order valence-electron chi connectivity index (χ3n) is 3.00. The minimum absolute atomic E-state index is 0. The van der Waals surface area contributed by atoms with Crippen LogP contribution in [0.25, 0.3) is 6.08 Å². The third kappa shape index (κ3) is 31.1. The maximum absolute atomic E-state index is 11.2. The molecule has 0 aromatic heterocycles. The lowest BCUT2D eigenvalue weighted by molar-refractivity contribution is -0.143. The van der Waals surface area contributed by atoms with Crippen molar-refractivity contribution in [1.29, 1.82) is 2.86 Å². The van der Waals surface area contributed by atoms with Crippen molar-refractivity contribution in [2.24, 2.45) is 0 Å². The van der Waals surface area contributed by atoms with Crippen LogP contribution in [0.15, 0.2) is 66.7 Å². The number of ether oxygens (including phenoxy) is 2. The van der Waals surface area contributed by atoms with Crippen LogP contribution in [-0.2, 0) is 25.5 Å². The van der Waals surface area contributed by atoms with E-state index in [0.29, 0.717) is 12.2 Å². The van der Waals surface area contributed by atoms with E-state index in [2.05, 4.69) is 33.2 Å². The molecule has 0 aliphatic rings. The van der Waals surface area contributed by atoms with Gasteiger partial charge in [0.25, 0.3) is 0 Å². The molecule has 2 rings (SSSR count). The van der Waals surface area contributed by atoms with Gasteiger partial charge in [0.2, 0.25) is 2.86 Å². The van der Waals surface area contributed by atoms with E-state index in [4.69, 9.17) is 15.1 Å². The predicted molar refractivity (Wildman–Crippen MR) is 153 cm³/mol. The van der Waals surface area contributed by atoms with E-state index in [1.165, 1.54) is 18.9 Å². The van der Waals surface area contributed by atoms with Gasteiger partial charge in [-0.05, 0) is 37.4 Å². The average Bonchev–Trinajstić information content (AvgIpc) is 2.90. The first-order valence-electron chi connectivity index (χ1n) is 13.3. The van der Waals surface area contributed by atoms with Gasteiger partial charge < -0.3 is 15.0 Å². The monoisotopic (exact) mass is 496 g/mol. The summed E-state index contributed by atoms with van der Waals surface area (Å²) in [4.78, 5) is 22.1. The zero-order valence-corrected chi connectivity index (χ0v) is 21.0. The Morgan fingerprint density at radius 2 is 1.26 bits per heavy atom. The largest absolute Gasteiger partial charge is 0.466 e. The molecule has 202 valence electrons. The van der Waals surface area contributed by atoms with Gasteiger partial charge in [-0.25, -0.2) is 4.79 Å². The number of hydrogen-bond donors (Lipinski definition) is 0. The van der Waals surface area contributed by atoms with Crippen LogP contribution in [0, 0.1) is 0 Å². The first kappa shape index (κ1) is 32.1. The summed E-state index contributed by atoms with van der Waals surface area (Å²) >= 11 is 0. The molecule has 0 fully saturated rings. The van der Waals surface area contributed by atoms with Gasteiger partial charge in [-0.3, -0.25) is 4.79 Å². The number of rotatable bonds is 7. The molecule has 0 amide bonds. The molecule has 0 saturated heterocycles. The molecule has 2 aromatic rings. The van der Waals surface area contributed by atoms with E-state index in [1.54, 1.807) is 44.2 Å². The fourth-order valence-electron chi connectivity index (χ4n) is 1.84. The number of esters is 2. The Kier molecular flexibility index (Phi) is 30.5. The Balaban J connectivity index is -0.000000146. The van der Waals surface area contributed by atoms with E-state index >= 15 is 0 Å². The predicted octanol–water partition coefficient (Wildman–Crippen LogP) is 7.73. The molecule has 0 aliphatic carbocycles. The lowest BCUT2D eigenvalue weighted by Crippen LogP contribution is -2.04. The smallest absolute Gasteiger partial charge is 0.330 e. The summed E-state index contributed by atoms with van der Waals surface area (Å²) < 4.78 is 35.5. The molecular weight excluding hydrogens is 440 g/mol. The molecule has 0 heterocycles. The number of benzene rings is 2. The lowest BCUT2D eigenvalue weighted by Gasteiger charge is -2.01. The molecule has 0 spiro atoms. The van der Waals surface area contributed by atoms with Crippen molar-refractivity contribution in [3.8, 4) is 0 Å². The molecule has 5 nitrogen and oxygen atoms in total. The number of aryl methyl sites for hydroxylation is 1. The van der Waals surface area contributed by atoms with Crippen LogP contribution in [0.2, 0.25) is 0 Å². The van der Waals surface area contributed by atoms with Gasteiger partial charge in [0.05, 0.1) is 13.2 Å². The van der Waals surface area contributed by atoms with E-state index < -0.39 is 18.8 Å². The van der Waals surface area contributed by atoms with Crippen LogP contribution in [0.4, 0.5) is 0 Å². The van der Waals surface area contributed by atoms with Crippen LogP contribution in [-0.4, -0.2) is 33.5 Å². The number of hydrogen-bond acceptors (Lipinski definition) is 4. The Bertz CT molecular complexity index is 786. The van der Waals surface area contributed by atoms with E-state index in [-0.39, 0.29) is 27.4 Å². The molecule has 2 N–H and O–H groups in total. The zero-order chi connectivity index (χ0) is 28.9. The summed E-state index contributed by atoms with van der Waals surface area (Å²) in [6, 6.07) is 18.5. The first-order valence-corrected chi connectivity index (χ1v) is 11.3. The summed E-state index contributed by atoms with van der Waals surface area (Å²) in [7, 11) is 0. The molecule has 2 atom stereocenters. The SMILES string of the molecule is C.C.CCC.CCC.CCOC(=O)/C=C/c1ccccc1.[2H]C(C(=O)OCC)C([2H])c1ccccc1.[2H]O[2H]. The van der Waals surface area contributed by atoms with Gasteiger partial charge in [0.15, 0.2) is 0 Å². The zero-order valence-electron chi connectivity index (χ0n) is 25.0. The van der Waals surface area contributed by atoms with Gasteiger partial charge >= 0.3 is 11.9 Å². The molecule has 0 bridgehead atoms. The standard InChI is InChI=1S/C11H14O2.C11H12O2.2C3H8.2CH4.H2O/c2*1-2-13-11(12)9-8-10-6-4-3-5-7-10;2*1-3-2;;;/h3-7H,2,8-9H2,1H3;3-9H,2H2,1H3;2*3H2,1-2H3;2*1H4;1H2/b;9-8+;;;;;/i8D,9D;;;;;;/hD2. The van der Waals surface area contributed by atoms with Crippen molar-refractivity contribution in [1.82, 2.24) is 0 Å². The van der Waals surface area contributed by atoms with Crippen molar-refractivity contribution in [2.45, 2.75) is 82.0 Å². The van der Waals surface area contributed by atoms with Crippen LogP contribution in [0.3, 0.4) is 0 Å². The minimum Gasteiger partial charge on any atom is -0.466 e. The molecular formula is C30H52O5. The molecule has 35 heavy (non-hydrogen) atoms. The molecule has 0 saturated carbocycles. The molecule has 0 aliphatic heterocycles. The summed E-state index contributed by atoms with van der Waals surface area (Å²) in [5.41, 5.74) is 4.40. The van der Waals surface area contributed by atoms with Crippen LogP contribution >= 0.6 is 0 Å². The van der Waals surface area contributed by atoms with Gasteiger partial charge in [0.1, 0.15) is 0 Å². The second-order valence-corrected chi connectivity index (χ2v) is 6.41. The quantitative estimate of drug-likeness (QED) is 0.290. The number of carbonyl (C=O) groups is 2. The van der Waals surface area contributed by atoms with Gasteiger partial charge in [-0.15, -0.1) is 0 Å². The third-order valence-corrected chi connectivity index (χ3v) is 3.00. The van der Waals surface area contributed by atoms with Crippen LogP contribution in [0.5, 0.6) is 0 Å². The maximum atomic E-state index is 11.2. The second kappa shape index (κ2) is 33.3. The maximum Gasteiger partial charge on any atom is 0.330 e. The average molecular weight is 497 g/mol. The van der Waals surface area contributed by atoms with Crippen molar-refractivity contribution < 1.29 is 27.3 Å². The van der Waals surface area contributed by atoms with Crippen molar-refractivity contribution in [2.75, 3.05) is 13.2 Å².